The van der Waals surface area contributed by atoms with Crippen molar-refractivity contribution in [3.8, 4) is 0 Å². The number of ether oxygens (including phenoxy) is 2. The van der Waals surface area contributed by atoms with Crippen molar-refractivity contribution < 1.29 is 23.5 Å². The molecule has 0 spiro atoms. The van der Waals surface area contributed by atoms with Gasteiger partial charge in [-0.25, -0.2) is 18.7 Å². The van der Waals surface area contributed by atoms with Crippen LogP contribution < -0.4 is 4.90 Å². The zero-order chi connectivity index (χ0) is 20.2. The van der Waals surface area contributed by atoms with Crippen molar-refractivity contribution in [2.45, 2.75) is 39.8 Å². The molecule has 2 rings (SSSR count). The van der Waals surface area contributed by atoms with Crippen molar-refractivity contribution in [3.63, 3.8) is 0 Å². The molecule has 0 saturated carbocycles. The molecule has 1 aromatic heterocycles. The summed E-state index contributed by atoms with van der Waals surface area (Å²) >= 11 is 0. The van der Waals surface area contributed by atoms with Crippen LogP contribution in [0.3, 0.4) is 0 Å². The molecule has 7 nitrogen and oxygen atoms in total. The van der Waals surface area contributed by atoms with E-state index in [0.29, 0.717) is 5.56 Å². The first-order valence-electron chi connectivity index (χ1n) is 8.57. The lowest BCUT2D eigenvalue weighted by Gasteiger charge is -2.24. The second kappa shape index (κ2) is 8.20. The number of anilines is 1. The van der Waals surface area contributed by atoms with Crippen LogP contribution in [-0.2, 0) is 16.0 Å². The summed E-state index contributed by atoms with van der Waals surface area (Å²) in [4.78, 5) is 25.7. The lowest BCUT2D eigenvalue weighted by molar-refractivity contribution is 0.0517. The summed E-state index contributed by atoms with van der Waals surface area (Å²) in [7, 11) is 1.50. The Hall–Kier alpha value is -2.90. The number of rotatable bonds is 5. The maximum Gasteiger partial charge on any atom is 0.415 e. The second-order valence-electron chi connectivity index (χ2n) is 6.90. The molecule has 8 heteroatoms. The molecule has 0 aliphatic rings. The molecular formula is C19H24FN3O4. The topological polar surface area (TPSA) is 73.7 Å². The van der Waals surface area contributed by atoms with Crippen LogP contribution >= 0.6 is 0 Å². The quantitative estimate of drug-likeness (QED) is 0.744. The third kappa shape index (κ3) is 5.29. The summed E-state index contributed by atoms with van der Waals surface area (Å²) in [5, 5.41) is 4.19. The minimum atomic E-state index is -0.689. The lowest BCUT2D eigenvalue weighted by Crippen LogP contribution is -2.35. The molecule has 146 valence electrons. The number of nitrogens with zero attached hydrogens (tertiary/aromatic N) is 3. The standard InChI is InChI=1S/C19H24FN3O4/c1-6-26-17(24)15-11-16(22(5)18(25)27-19(2,3)4)23(21-15)12-13-9-7-8-10-14(13)20/h7-11H,6,12H2,1-5H3. The first-order chi connectivity index (χ1) is 12.6. The van der Waals surface area contributed by atoms with Crippen LogP contribution in [0.15, 0.2) is 30.3 Å². The van der Waals surface area contributed by atoms with Gasteiger partial charge in [0, 0.05) is 18.7 Å². The number of carbonyl (C=O) groups is 2. The monoisotopic (exact) mass is 377 g/mol. The first kappa shape index (κ1) is 20.4. The van der Waals surface area contributed by atoms with E-state index >= 15 is 0 Å². The molecule has 2 aromatic rings. The second-order valence-corrected chi connectivity index (χ2v) is 6.90. The molecule has 1 aromatic carbocycles. The lowest BCUT2D eigenvalue weighted by atomic mass is 10.2. The molecule has 0 N–H and O–H groups in total. The van der Waals surface area contributed by atoms with Crippen LogP contribution in [0.1, 0.15) is 43.7 Å². The van der Waals surface area contributed by atoms with Gasteiger partial charge in [-0.1, -0.05) is 18.2 Å². The van der Waals surface area contributed by atoms with Crippen LogP contribution in [0, 0.1) is 5.82 Å². The summed E-state index contributed by atoms with van der Waals surface area (Å²) in [6, 6.07) is 7.65. The van der Waals surface area contributed by atoms with Gasteiger partial charge in [0.1, 0.15) is 17.2 Å². The van der Waals surface area contributed by atoms with E-state index in [1.54, 1.807) is 45.9 Å². The Balaban J connectivity index is 2.39. The maximum atomic E-state index is 14.0. The van der Waals surface area contributed by atoms with E-state index in [0.717, 1.165) is 0 Å². The summed E-state index contributed by atoms with van der Waals surface area (Å²) in [6.07, 6.45) is -0.618. The molecule has 0 saturated heterocycles. The van der Waals surface area contributed by atoms with Gasteiger partial charge in [-0.05, 0) is 33.8 Å². The van der Waals surface area contributed by atoms with E-state index in [1.807, 2.05) is 0 Å². The van der Waals surface area contributed by atoms with Crippen molar-refractivity contribution >= 4 is 17.9 Å². The van der Waals surface area contributed by atoms with Crippen molar-refractivity contribution in [1.82, 2.24) is 9.78 Å². The van der Waals surface area contributed by atoms with E-state index in [9.17, 15) is 14.0 Å². The largest absolute Gasteiger partial charge is 0.461 e. The van der Waals surface area contributed by atoms with Crippen LogP contribution in [0.25, 0.3) is 0 Å². The third-order valence-electron chi connectivity index (χ3n) is 3.53. The van der Waals surface area contributed by atoms with E-state index in [-0.39, 0.29) is 24.7 Å². The average Bonchev–Trinajstić information content (AvgIpc) is 2.99. The Kier molecular flexibility index (Phi) is 6.20. The molecule has 0 fully saturated rings. The number of halogens is 1. The third-order valence-corrected chi connectivity index (χ3v) is 3.53. The zero-order valence-electron chi connectivity index (χ0n) is 16.2. The Morgan fingerprint density at radius 3 is 2.52 bits per heavy atom. The first-order valence-corrected chi connectivity index (χ1v) is 8.57. The van der Waals surface area contributed by atoms with Gasteiger partial charge in [-0.15, -0.1) is 0 Å². The molecule has 0 atom stereocenters. The smallest absolute Gasteiger partial charge is 0.415 e. The summed E-state index contributed by atoms with van der Waals surface area (Å²) in [5.74, 6) is -0.740. The van der Waals surface area contributed by atoms with Crippen molar-refractivity contribution in [1.29, 1.82) is 0 Å². The predicted octanol–water partition coefficient (Wildman–Crippen LogP) is 3.62. The van der Waals surface area contributed by atoms with Gasteiger partial charge in [-0.3, -0.25) is 4.90 Å². The molecule has 0 radical (unpaired) electrons. The minimum absolute atomic E-state index is 0.0265. The van der Waals surface area contributed by atoms with Crippen LogP contribution in [-0.4, -0.2) is 41.1 Å². The number of benzene rings is 1. The predicted molar refractivity (Wildman–Crippen MR) is 98.3 cm³/mol. The molecule has 1 heterocycles. The highest BCUT2D eigenvalue weighted by atomic mass is 19.1. The summed E-state index contributed by atoms with van der Waals surface area (Å²) in [5.41, 5.74) is -0.292. The van der Waals surface area contributed by atoms with Crippen molar-refractivity contribution in [3.05, 3.63) is 47.4 Å². The van der Waals surface area contributed by atoms with Crippen LogP contribution in [0.5, 0.6) is 0 Å². The number of esters is 1. The number of hydrogen-bond donors (Lipinski definition) is 0. The Bertz CT molecular complexity index is 827. The fourth-order valence-corrected chi connectivity index (χ4v) is 2.31. The Morgan fingerprint density at radius 2 is 1.93 bits per heavy atom. The van der Waals surface area contributed by atoms with E-state index < -0.39 is 23.5 Å². The van der Waals surface area contributed by atoms with Gasteiger partial charge >= 0.3 is 12.1 Å². The number of amides is 1. The number of carbonyl (C=O) groups excluding carboxylic acids is 2. The average molecular weight is 377 g/mol. The van der Waals surface area contributed by atoms with Crippen LogP contribution in [0.2, 0.25) is 0 Å². The molecule has 1 amide bonds. The molecule has 0 bridgehead atoms. The van der Waals surface area contributed by atoms with Gasteiger partial charge < -0.3 is 9.47 Å². The highest BCUT2D eigenvalue weighted by Crippen LogP contribution is 2.21. The normalized spacial score (nSPS) is 11.2. The van der Waals surface area contributed by atoms with Gasteiger partial charge in [0.25, 0.3) is 0 Å². The zero-order valence-corrected chi connectivity index (χ0v) is 16.2. The maximum absolute atomic E-state index is 14.0. The Morgan fingerprint density at radius 1 is 1.26 bits per heavy atom. The van der Waals surface area contributed by atoms with E-state index in [1.165, 1.54) is 28.8 Å². The van der Waals surface area contributed by atoms with Gasteiger partial charge in [0.2, 0.25) is 0 Å². The highest BCUT2D eigenvalue weighted by Gasteiger charge is 2.25. The number of hydrogen-bond acceptors (Lipinski definition) is 5. The molecular weight excluding hydrogens is 353 g/mol. The fourth-order valence-electron chi connectivity index (χ4n) is 2.31. The van der Waals surface area contributed by atoms with E-state index in [4.69, 9.17) is 9.47 Å². The Labute approximate surface area is 157 Å². The highest BCUT2D eigenvalue weighted by molar-refractivity contribution is 5.91. The molecule has 0 unspecified atom stereocenters. The van der Waals surface area contributed by atoms with Gasteiger partial charge in [0.05, 0.1) is 13.2 Å². The minimum Gasteiger partial charge on any atom is -0.461 e. The molecule has 27 heavy (non-hydrogen) atoms. The summed E-state index contributed by atoms with van der Waals surface area (Å²) in [6.45, 7) is 7.16. The van der Waals surface area contributed by atoms with Gasteiger partial charge in [0.15, 0.2) is 5.69 Å². The summed E-state index contributed by atoms with van der Waals surface area (Å²) < 4.78 is 25.7. The van der Waals surface area contributed by atoms with Crippen LogP contribution in [0.4, 0.5) is 15.0 Å². The van der Waals surface area contributed by atoms with Crippen molar-refractivity contribution in [2.24, 2.45) is 0 Å². The fraction of sp³-hybridized carbons (Fsp3) is 0.421. The molecule has 0 aliphatic carbocycles. The number of aromatic nitrogens is 2. The van der Waals surface area contributed by atoms with E-state index in [2.05, 4.69) is 5.10 Å². The molecule has 0 aliphatic heterocycles. The SMILES string of the molecule is CCOC(=O)c1cc(N(C)C(=O)OC(C)(C)C)n(Cc2ccccc2F)n1. The van der Waals surface area contributed by atoms with Crippen molar-refractivity contribution in [2.75, 3.05) is 18.6 Å². The van der Waals surface area contributed by atoms with Gasteiger partial charge in [-0.2, -0.15) is 5.10 Å².